The van der Waals surface area contributed by atoms with E-state index in [4.69, 9.17) is 17.3 Å². The summed E-state index contributed by atoms with van der Waals surface area (Å²) >= 11 is 5.97. The van der Waals surface area contributed by atoms with Crippen LogP contribution in [0.15, 0.2) is 18.2 Å². The molecular weight excluding hydrogens is 280 g/mol. The summed E-state index contributed by atoms with van der Waals surface area (Å²) in [5, 5.41) is 9.75. The van der Waals surface area contributed by atoms with Crippen molar-refractivity contribution in [2.24, 2.45) is 11.1 Å². The summed E-state index contributed by atoms with van der Waals surface area (Å²) in [6.07, 6.45) is 1.04. The van der Waals surface area contributed by atoms with Crippen molar-refractivity contribution >= 4 is 29.2 Å². The van der Waals surface area contributed by atoms with E-state index in [2.05, 4.69) is 0 Å². The zero-order valence-electron chi connectivity index (χ0n) is 11.2. The van der Waals surface area contributed by atoms with Crippen molar-refractivity contribution < 1.29 is 14.7 Å². The van der Waals surface area contributed by atoms with Crippen LogP contribution in [0.2, 0.25) is 5.02 Å². The lowest BCUT2D eigenvalue weighted by molar-refractivity contribution is -0.149. The molecule has 0 aliphatic carbocycles. The fraction of sp³-hybridized carbons (Fsp3) is 0.429. The van der Waals surface area contributed by atoms with Crippen LogP contribution >= 0.6 is 11.6 Å². The van der Waals surface area contributed by atoms with Gasteiger partial charge in [-0.3, -0.25) is 9.59 Å². The van der Waals surface area contributed by atoms with Gasteiger partial charge in [-0.15, -0.1) is 0 Å². The van der Waals surface area contributed by atoms with Gasteiger partial charge in [-0.25, -0.2) is 0 Å². The zero-order valence-corrected chi connectivity index (χ0v) is 12.0. The molecule has 0 unspecified atom stereocenters. The van der Waals surface area contributed by atoms with E-state index in [-0.39, 0.29) is 0 Å². The molecule has 0 radical (unpaired) electrons. The van der Waals surface area contributed by atoms with Gasteiger partial charge in [0.2, 0.25) is 0 Å². The van der Waals surface area contributed by atoms with Crippen molar-refractivity contribution in [1.29, 1.82) is 0 Å². The van der Waals surface area contributed by atoms with Crippen molar-refractivity contribution in [2.75, 3.05) is 18.0 Å². The number of benzene rings is 1. The van der Waals surface area contributed by atoms with Gasteiger partial charge in [0.15, 0.2) is 0 Å². The first-order valence-electron chi connectivity index (χ1n) is 6.41. The molecule has 0 bridgehead atoms. The third-order valence-electron chi connectivity index (χ3n) is 3.95. The molecule has 0 saturated carbocycles. The van der Waals surface area contributed by atoms with Crippen molar-refractivity contribution in [1.82, 2.24) is 0 Å². The van der Waals surface area contributed by atoms with Gasteiger partial charge in [0.05, 0.1) is 16.7 Å². The fourth-order valence-electron chi connectivity index (χ4n) is 2.43. The van der Waals surface area contributed by atoms with Crippen molar-refractivity contribution in [3.8, 4) is 0 Å². The first kappa shape index (κ1) is 14.7. The molecular formula is C14H17ClN2O3. The average molecular weight is 297 g/mol. The van der Waals surface area contributed by atoms with Crippen LogP contribution in [-0.4, -0.2) is 30.1 Å². The van der Waals surface area contributed by atoms with Crippen LogP contribution in [0.25, 0.3) is 0 Å². The number of nitrogens with zero attached hydrogens (tertiary/aromatic N) is 1. The highest BCUT2D eigenvalue weighted by Gasteiger charge is 2.37. The molecule has 1 heterocycles. The first-order valence-corrected chi connectivity index (χ1v) is 6.79. The summed E-state index contributed by atoms with van der Waals surface area (Å²) in [7, 11) is 0. The highest BCUT2D eigenvalue weighted by atomic mass is 35.5. The molecule has 1 aliphatic rings. The Morgan fingerprint density at radius 2 is 1.95 bits per heavy atom. The van der Waals surface area contributed by atoms with Crippen LogP contribution in [0.5, 0.6) is 0 Å². The average Bonchev–Trinajstić information content (AvgIpc) is 2.39. The van der Waals surface area contributed by atoms with Gasteiger partial charge < -0.3 is 15.7 Å². The standard InChI is InChI=1S/C14H17ClN2O3/c1-14(13(19)20)4-6-17(7-5-14)11-8-9(15)2-3-10(11)12(16)18/h2-3,8H,4-7H2,1H3,(H2,16,18)(H,19,20). The lowest BCUT2D eigenvalue weighted by Gasteiger charge is -2.38. The molecule has 1 aromatic rings. The maximum Gasteiger partial charge on any atom is 0.309 e. The lowest BCUT2D eigenvalue weighted by Crippen LogP contribution is -2.43. The molecule has 1 fully saturated rings. The van der Waals surface area contributed by atoms with Crippen LogP contribution in [0.1, 0.15) is 30.1 Å². The minimum atomic E-state index is -0.779. The number of hydrogen-bond donors (Lipinski definition) is 2. The van der Waals surface area contributed by atoms with Gasteiger partial charge in [-0.2, -0.15) is 0 Å². The first-order chi connectivity index (χ1) is 9.33. The molecule has 6 heteroatoms. The Morgan fingerprint density at radius 3 is 2.45 bits per heavy atom. The summed E-state index contributed by atoms with van der Waals surface area (Å²) in [5.74, 6) is -1.29. The number of hydrogen-bond acceptors (Lipinski definition) is 3. The number of carboxylic acid groups (broad SMARTS) is 1. The maximum atomic E-state index is 11.5. The number of anilines is 1. The van der Waals surface area contributed by atoms with Gasteiger partial charge in [0.25, 0.3) is 5.91 Å². The van der Waals surface area contributed by atoms with Crippen LogP contribution in [0.3, 0.4) is 0 Å². The molecule has 0 aromatic heterocycles. The second-order valence-corrected chi connectivity index (χ2v) is 5.82. The molecule has 0 spiro atoms. The van der Waals surface area contributed by atoms with Crippen LogP contribution in [-0.2, 0) is 4.79 Å². The van der Waals surface area contributed by atoms with E-state index < -0.39 is 17.3 Å². The molecule has 3 N–H and O–H groups in total. The summed E-state index contributed by atoms with van der Waals surface area (Å²) in [4.78, 5) is 24.7. The summed E-state index contributed by atoms with van der Waals surface area (Å²) < 4.78 is 0. The fourth-order valence-corrected chi connectivity index (χ4v) is 2.60. The van der Waals surface area contributed by atoms with Crippen LogP contribution in [0, 0.1) is 5.41 Å². The molecule has 1 aliphatic heterocycles. The molecule has 20 heavy (non-hydrogen) atoms. The maximum absolute atomic E-state index is 11.5. The van der Waals surface area contributed by atoms with E-state index in [1.54, 1.807) is 25.1 Å². The molecule has 1 saturated heterocycles. The van der Waals surface area contributed by atoms with E-state index in [9.17, 15) is 14.7 Å². The lowest BCUT2D eigenvalue weighted by atomic mass is 9.80. The predicted molar refractivity (Wildman–Crippen MR) is 77.2 cm³/mol. The Labute approximate surface area is 122 Å². The van der Waals surface area contributed by atoms with Gasteiger partial charge in [0, 0.05) is 18.1 Å². The molecule has 108 valence electrons. The molecule has 2 rings (SSSR count). The number of halogens is 1. The topological polar surface area (TPSA) is 83.6 Å². The van der Waals surface area contributed by atoms with Gasteiger partial charge in [-0.1, -0.05) is 11.6 Å². The normalized spacial score (nSPS) is 17.8. The molecule has 5 nitrogen and oxygen atoms in total. The Balaban J connectivity index is 2.25. The third kappa shape index (κ3) is 2.72. The number of carboxylic acids is 1. The minimum absolute atomic E-state index is 0.410. The Morgan fingerprint density at radius 1 is 1.35 bits per heavy atom. The smallest absolute Gasteiger partial charge is 0.309 e. The quantitative estimate of drug-likeness (QED) is 0.895. The largest absolute Gasteiger partial charge is 0.481 e. The Bertz CT molecular complexity index is 551. The van der Waals surface area contributed by atoms with Gasteiger partial charge in [-0.05, 0) is 38.0 Å². The second-order valence-electron chi connectivity index (χ2n) is 5.38. The summed E-state index contributed by atoms with van der Waals surface area (Å²) in [5.41, 5.74) is 5.75. The molecule has 1 amide bonds. The second kappa shape index (κ2) is 5.32. The van der Waals surface area contributed by atoms with Gasteiger partial charge in [0.1, 0.15) is 0 Å². The van der Waals surface area contributed by atoms with Crippen molar-refractivity contribution in [2.45, 2.75) is 19.8 Å². The monoisotopic (exact) mass is 296 g/mol. The van der Waals surface area contributed by atoms with E-state index >= 15 is 0 Å². The summed E-state index contributed by atoms with van der Waals surface area (Å²) in [6, 6.07) is 4.92. The number of nitrogens with two attached hydrogens (primary N) is 1. The van der Waals surface area contributed by atoms with Crippen LogP contribution in [0.4, 0.5) is 5.69 Å². The highest BCUT2D eigenvalue weighted by Crippen LogP contribution is 2.35. The zero-order chi connectivity index (χ0) is 14.9. The van der Waals surface area contributed by atoms with Crippen molar-refractivity contribution in [3.63, 3.8) is 0 Å². The van der Waals surface area contributed by atoms with Gasteiger partial charge >= 0.3 is 5.97 Å². The van der Waals surface area contributed by atoms with Crippen LogP contribution < -0.4 is 10.6 Å². The molecule has 0 atom stereocenters. The number of aliphatic carboxylic acids is 1. The number of piperidine rings is 1. The Hall–Kier alpha value is -1.75. The number of carbonyl (C=O) groups excluding carboxylic acids is 1. The highest BCUT2D eigenvalue weighted by molar-refractivity contribution is 6.31. The van der Waals surface area contributed by atoms with E-state index in [1.165, 1.54) is 0 Å². The predicted octanol–water partition coefficient (Wildman–Crippen LogP) is 2.13. The van der Waals surface area contributed by atoms with Crippen molar-refractivity contribution in [3.05, 3.63) is 28.8 Å². The SMILES string of the molecule is CC1(C(=O)O)CCN(c2cc(Cl)ccc2C(N)=O)CC1. The number of primary amides is 1. The Kier molecular flexibility index (Phi) is 3.90. The van der Waals surface area contributed by atoms with E-state index in [0.717, 1.165) is 0 Å². The summed E-state index contributed by atoms with van der Waals surface area (Å²) in [6.45, 7) is 2.87. The van der Waals surface area contributed by atoms with E-state index in [0.29, 0.717) is 42.2 Å². The molecule has 1 aromatic carbocycles. The number of amides is 1. The number of carbonyl (C=O) groups is 2. The minimum Gasteiger partial charge on any atom is -0.481 e. The third-order valence-corrected chi connectivity index (χ3v) is 4.18. The number of rotatable bonds is 3. The van der Waals surface area contributed by atoms with E-state index in [1.807, 2.05) is 4.90 Å².